The summed E-state index contributed by atoms with van der Waals surface area (Å²) in [6.07, 6.45) is -4.33. The lowest BCUT2D eigenvalue weighted by Crippen LogP contribution is -2.11. The third kappa shape index (κ3) is 1.62. The second kappa shape index (κ2) is 2.37. The molecule has 1 aromatic heterocycles. The maximum absolute atomic E-state index is 12.0. The van der Waals surface area contributed by atoms with Crippen LogP contribution in [0.15, 0.2) is 6.07 Å². The van der Waals surface area contributed by atoms with E-state index in [1.54, 1.807) is 0 Å². The van der Waals surface area contributed by atoms with E-state index in [9.17, 15) is 13.2 Å². The van der Waals surface area contributed by atoms with Gasteiger partial charge in [-0.1, -0.05) is 12.2 Å². The molecule has 62 valence electrons. The molecule has 1 heterocycles. The van der Waals surface area contributed by atoms with Gasteiger partial charge in [0.25, 0.3) is 0 Å². The average molecular weight is 182 g/mol. The van der Waals surface area contributed by atoms with Crippen LogP contribution in [0.1, 0.15) is 5.69 Å². The number of hydrogen-bond acceptors (Lipinski definition) is 1. The summed E-state index contributed by atoms with van der Waals surface area (Å²) in [5.74, 6) is 0. The first kappa shape index (κ1) is 8.32. The normalized spacial score (nSPS) is 12.0. The van der Waals surface area contributed by atoms with E-state index >= 15 is 0 Å². The molecule has 0 amide bonds. The monoisotopic (exact) mass is 182 g/mol. The molecule has 0 saturated heterocycles. The summed E-state index contributed by atoms with van der Waals surface area (Å²) in [4.78, 5) is 0. The van der Waals surface area contributed by atoms with Crippen molar-refractivity contribution >= 4 is 12.2 Å². The Morgan fingerprint density at radius 1 is 1.55 bits per heavy atom. The molecule has 0 saturated carbocycles. The van der Waals surface area contributed by atoms with Crippen LogP contribution in [-0.4, -0.2) is 9.78 Å². The van der Waals surface area contributed by atoms with Crippen molar-refractivity contribution in [1.29, 1.82) is 0 Å². The first-order chi connectivity index (χ1) is 4.91. The fourth-order valence-corrected chi connectivity index (χ4v) is 0.999. The van der Waals surface area contributed by atoms with Gasteiger partial charge in [-0.2, -0.15) is 13.2 Å². The van der Waals surface area contributed by atoms with Gasteiger partial charge in [-0.15, -0.1) is 0 Å². The van der Waals surface area contributed by atoms with Crippen molar-refractivity contribution in [1.82, 2.24) is 9.78 Å². The molecule has 1 aromatic rings. The Kier molecular flexibility index (Phi) is 1.79. The number of nitrogens with zero attached hydrogens (tertiary/aromatic N) is 1. The second-order valence-electron chi connectivity index (χ2n) is 2.06. The number of hydrogen-bond donors (Lipinski definition) is 1. The zero-order valence-electron chi connectivity index (χ0n) is 5.57. The minimum absolute atomic E-state index is 0.0832. The van der Waals surface area contributed by atoms with Crippen LogP contribution >= 0.6 is 12.2 Å². The van der Waals surface area contributed by atoms with Gasteiger partial charge in [-0.05, 0) is 0 Å². The van der Waals surface area contributed by atoms with Crippen molar-refractivity contribution < 1.29 is 13.2 Å². The van der Waals surface area contributed by atoms with Crippen molar-refractivity contribution in [2.24, 2.45) is 7.05 Å². The van der Waals surface area contributed by atoms with E-state index in [4.69, 9.17) is 0 Å². The number of aromatic amines is 1. The van der Waals surface area contributed by atoms with E-state index in [0.717, 1.165) is 10.7 Å². The van der Waals surface area contributed by atoms with Crippen LogP contribution in [0.5, 0.6) is 0 Å². The SMILES string of the molecule is Cn1[nH]c(=S)cc1C(F)(F)F. The van der Waals surface area contributed by atoms with Crippen molar-refractivity contribution in [2.75, 3.05) is 0 Å². The van der Waals surface area contributed by atoms with Gasteiger partial charge in [-0.25, -0.2) is 0 Å². The largest absolute Gasteiger partial charge is 0.432 e. The number of aromatic nitrogens is 2. The number of aryl methyl sites for hydroxylation is 1. The molecule has 6 heteroatoms. The molecular formula is C5H5F3N2S. The highest BCUT2D eigenvalue weighted by Gasteiger charge is 2.33. The Hall–Kier alpha value is -0.780. The Morgan fingerprint density at radius 2 is 2.09 bits per heavy atom. The molecule has 1 N–H and O–H groups in total. The van der Waals surface area contributed by atoms with Gasteiger partial charge in [0.1, 0.15) is 10.3 Å². The third-order valence-electron chi connectivity index (χ3n) is 1.20. The molecule has 2 nitrogen and oxygen atoms in total. The predicted octanol–water partition coefficient (Wildman–Crippen LogP) is 2.10. The maximum atomic E-state index is 12.0. The van der Waals surface area contributed by atoms with Crippen LogP contribution in [0.2, 0.25) is 0 Å². The van der Waals surface area contributed by atoms with Crippen molar-refractivity contribution in [3.05, 3.63) is 16.4 Å². The molecule has 0 aliphatic rings. The van der Waals surface area contributed by atoms with Gasteiger partial charge >= 0.3 is 6.18 Å². The van der Waals surface area contributed by atoms with E-state index < -0.39 is 11.9 Å². The van der Waals surface area contributed by atoms with Crippen molar-refractivity contribution in [3.63, 3.8) is 0 Å². The number of rotatable bonds is 0. The van der Waals surface area contributed by atoms with E-state index in [2.05, 4.69) is 17.3 Å². The number of nitrogens with one attached hydrogen (secondary N) is 1. The molecular weight excluding hydrogens is 177 g/mol. The standard InChI is InChI=1S/C5H5F3N2S/c1-10-3(5(6,7)8)2-4(11)9-10/h2H,1H3,(H,9,11). The molecule has 0 radical (unpaired) electrons. The molecule has 0 fully saturated rings. The predicted molar refractivity (Wildman–Crippen MR) is 35.6 cm³/mol. The zero-order valence-corrected chi connectivity index (χ0v) is 6.38. The fourth-order valence-electron chi connectivity index (χ4n) is 0.751. The maximum Gasteiger partial charge on any atom is 0.432 e. The minimum atomic E-state index is -4.33. The molecule has 0 spiro atoms. The van der Waals surface area contributed by atoms with Crippen LogP contribution in [0.3, 0.4) is 0 Å². The number of halogens is 3. The Balaban J connectivity index is 3.24. The summed E-state index contributed by atoms with van der Waals surface area (Å²) in [7, 11) is 1.26. The molecule has 0 atom stereocenters. The average Bonchev–Trinajstić information content (AvgIpc) is 2.08. The van der Waals surface area contributed by atoms with Crippen LogP contribution < -0.4 is 0 Å². The van der Waals surface area contributed by atoms with Crippen LogP contribution in [0.4, 0.5) is 13.2 Å². The second-order valence-corrected chi connectivity index (χ2v) is 2.50. The van der Waals surface area contributed by atoms with Gasteiger partial charge in [-0.3, -0.25) is 9.78 Å². The van der Waals surface area contributed by atoms with Crippen molar-refractivity contribution in [2.45, 2.75) is 6.18 Å². The fraction of sp³-hybridized carbons (Fsp3) is 0.400. The summed E-state index contributed by atoms with van der Waals surface area (Å²) in [6, 6.07) is 0.884. The summed E-state index contributed by atoms with van der Waals surface area (Å²) >= 11 is 4.51. The van der Waals surface area contributed by atoms with E-state index in [-0.39, 0.29) is 4.64 Å². The number of alkyl halides is 3. The molecule has 0 aromatic carbocycles. The number of H-pyrrole nitrogens is 1. The summed E-state index contributed by atoms with van der Waals surface area (Å²) < 4.78 is 36.9. The minimum Gasteiger partial charge on any atom is -0.288 e. The lowest BCUT2D eigenvalue weighted by Gasteiger charge is -2.05. The quantitative estimate of drug-likeness (QED) is 0.609. The Labute approximate surface area is 65.6 Å². The Morgan fingerprint density at radius 3 is 2.27 bits per heavy atom. The van der Waals surface area contributed by atoms with Crippen molar-refractivity contribution in [3.8, 4) is 0 Å². The van der Waals surface area contributed by atoms with Gasteiger partial charge < -0.3 is 0 Å². The molecule has 0 aliphatic carbocycles. The molecule has 0 unspecified atom stereocenters. The van der Waals surface area contributed by atoms with Crippen LogP contribution in [0, 0.1) is 4.64 Å². The molecule has 11 heavy (non-hydrogen) atoms. The van der Waals surface area contributed by atoms with Crippen LogP contribution in [-0.2, 0) is 13.2 Å². The first-order valence-corrected chi connectivity index (χ1v) is 3.15. The van der Waals surface area contributed by atoms with Gasteiger partial charge in [0.05, 0.1) is 0 Å². The molecule has 0 bridgehead atoms. The van der Waals surface area contributed by atoms with Gasteiger partial charge in [0, 0.05) is 13.1 Å². The topological polar surface area (TPSA) is 20.7 Å². The summed E-state index contributed by atoms with van der Waals surface area (Å²) in [5, 5.41) is 2.33. The van der Waals surface area contributed by atoms with Gasteiger partial charge in [0.15, 0.2) is 0 Å². The third-order valence-corrected chi connectivity index (χ3v) is 1.41. The lowest BCUT2D eigenvalue weighted by atomic mass is 10.4. The smallest absolute Gasteiger partial charge is 0.288 e. The lowest BCUT2D eigenvalue weighted by molar-refractivity contribution is -0.143. The first-order valence-electron chi connectivity index (χ1n) is 2.74. The summed E-state index contributed by atoms with van der Waals surface area (Å²) in [6.45, 7) is 0. The molecule has 0 aliphatic heterocycles. The highest BCUT2D eigenvalue weighted by atomic mass is 32.1. The van der Waals surface area contributed by atoms with Gasteiger partial charge in [0.2, 0.25) is 0 Å². The van der Waals surface area contributed by atoms with E-state index in [1.165, 1.54) is 7.05 Å². The zero-order chi connectivity index (χ0) is 8.65. The highest BCUT2D eigenvalue weighted by molar-refractivity contribution is 7.71. The van der Waals surface area contributed by atoms with E-state index in [0.29, 0.717) is 0 Å². The highest BCUT2D eigenvalue weighted by Crippen LogP contribution is 2.28. The van der Waals surface area contributed by atoms with Crippen LogP contribution in [0.25, 0.3) is 0 Å². The molecule has 1 rings (SSSR count). The summed E-state index contributed by atoms with van der Waals surface area (Å²) in [5.41, 5.74) is -0.762. The Bertz CT molecular complexity index is 308. The van der Waals surface area contributed by atoms with E-state index in [1.807, 2.05) is 0 Å².